The molecule has 87 valence electrons. The molecule has 0 N–H and O–H groups in total. The minimum atomic E-state index is -4.49. The molecule has 0 heterocycles. The maximum Gasteiger partial charge on any atom is 0.418 e. The lowest BCUT2D eigenvalue weighted by Gasteiger charge is -2.14. The van der Waals surface area contributed by atoms with E-state index in [-0.39, 0.29) is 5.56 Å². The van der Waals surface area contributed by atoms with Gasteiger partial charge in [0.15, 0.2) is 0 Å². The Balaban J connectivity index is 2.67. The second-order valence-corrected chi connectivity index (χ2v) is 3.82. The Kier molecular flexibility index (Phi) is 3.11. The van der Waals surface area contributed by atoms with Crippen LogP contribution in [0, 0.1) is 6.07 Å². The Morgan fingerprint density at radius 1 is 1.00 bits per heavy atom. The van der Waals surface area contributed by atoms with Gasteiger partial charge in [0.2, 0.25) is 0 Å². The molecule has 2 rings (SSSR count). The summed E-state index contributed by atoms with van der Waals surface area (Å²) in [5.74, 6) is 0. The first-order chi connectivity index (χ1) is 8.00. The summed E-state index contributed by atoms with van der Waals surface area (Å²) in [7, 11) is 0. The smallest absolute Gasteiger partial charge is 0.166 e. The third kappa shape index (κ3) is 2.44. The van der Waals surface area contributed by atoms with Crippen molar-refractivity contribution in [2.24, 2.45) is 0 Å². The van der Waals surface area contributed by atoms with Crippen molar-refractivity contribution in [2.45, 2.75) is 6.18 Å². The van der Waals surface area contributed by atoms with Crippen LogP contribution in [0.1, 0.15) is 5.56 Å². The van der Waals surface area contributed by atoms with Crippen LogP contribution in [0.5, 0.6) is 0 Å². The highest BCUT2D eigenvalue weighted by Crippen LogP contribution is 2.40. The molecule has 0 nitrogen and oxygen atoms in total. The highest BCUT2D eigenvalue weighted by atomic mass is 35.5. The largest absolute Gasteiger partial charge is 0.418 e. The van der Waals surface area contributed by atoms with Crippen LogP contribution in [0.4, 0.5) is 13.2 Å². The lowest BCUT2D eigenvalue weighted by molar-refractivity contribution is -0.137. The summed E-state index contributed by atoms with van der Waals surface area (Å²) in [6.45, 7) is 0. The number of benzene rings is 2. The molecule has 0 saturated heterocycles. The van der Waals surface area contributed by atoms with Gasteiger partial charge in [-0.1, -0.05) is 54.1 Å². The first kappa shape index (κ1) is 12.0. The van der Waals surface area contributed by atoms with Crippen LogP contribution >= 0.6 is 11.6 Å². The Hall–Kier alpha value is -1.48. The zero-order valence-electron chi connectivity index (χ0n) is 8.55. The van der Waals surface area contributed by atoms with Crippen molar-refractivity contribution in [2.75, 3.05) is 0 Å². The predicted octanol–water partition coefficient (Wildman–Crippen LogP) is 4.83. The standard InChI is InChI=1S/C13H7ClF3/c14-11-8-4-7-10(12(11)13(15,16)17)9-5-2-1-3-6-9/h1-7H. The monoisotopic (exact) mass is 255 g/mol. The van der Waals surface area contributed by atoms with Gasteiger partial charge in [-0.2, -0.15) is 13.2 Å². The lowest BCUT2D eigenvalue weighted by Crippen LogP contribution is -2.08. The predicted molar refractivity (Wildman–Crippen MR) is 60.7 cm³/mol. The molecule has 4 heteroatoms. The fraction of sp³-hybridized carbons (Fsp3) is 0.0769. The fourth-order valence-electron chi connectivity index (χ4n) is 1.61. The summed E-state index contributed by atoms with van der Waals surface area (Å²) in [6, 6.07) is 13.4. The van der Waals surface area contributed by atoms with Crippen LogP contribution < -0.4 is 0 Å². The van der Waals surface area contributed by atoms with E-state index in [9.17, 15) is 13.2 Å². The third-order valence-electron chi connectivity index (χ3n) is 2.32. The molecule has 0 fully saturated rings. The van der Waals surface area contributed by atoms with Gasteiger partial charge in [-0.3, -0.25) is 0 Å². The molecular weight excluding hydrogens is 249 g/mol. The average molecular weight is 256 g/mol. The van der Waals surface area contributed by atoms with Crippen molar-refractivity contribution in [3.63, 3.8) is 0 Å². The lowest BCUT2D eigenvalue weighted by atomic mass is 9.99. The van der Waals surface area contributed by atoms with E-state index in [4.69, 9.17) is 11.6 Å². The molecular formula is C13H7ClF3. The number of hydrogen-bond acceptors (Lipinski definition) is 0. The van der Waals surface area contributed by atoms with Crippen LogP contribution in [0.25, 0.3) is 11.1 Å². The summed E-state index contributed by atoms with van der Waals surface area (Å²) in [5, 5.41) is -0.404. The van der Waals surface area contributed by atoms with Gasteiger partial charge in [-0.15, -0.1) is 0 Å². The Morgan fingerprint density at radius 2 is 1.65 bits per heavy atom. The van der Waals surface area contributed by atoms with Gasteiger partial charge in [0.05, 0.1) is 10.6 Å². The van der Waals surface area contributed by atoms with E-state index in [1.54, 1.807) is 30.3 Å². The maximum atomic E-state index is 12.9. The molecule has 0 aliphatic carbocycles. The normalized spacial score (nSPS) is 11.5. The average Bonchev–Trinajstić information content (AvgIpc) is 2.28. The Labute approximate surface area is 102 Å². The van der Waals surface area contributed by atoms with Crippen LogP contribution in [-0.4, -0.2) is 0 Å². The number of hydrogen-bond donors (Lipinski definition) is 0. The van der Waals surface area contributed by atoms with Crippen molar-refractivity contribution in [3.8, 4) is 11.1 Å². The van der Waals surface area contributed by atoms with Gasteiger partial charge >= 0.3 is 6.18 Å². The second-order valence-electron chi connectivity index (χ2n) is 3.44. The van der Waals surface area contributed by atoms with Gasteiger partial charge in [-0.05, 0) is 11.1 Å². The molecule has 0 spiro atoms. The van der Waals surface area contributed by atoms with E-state index < -0.39 is 16.8 Å². The topological polar surface area (TPSA) is 0 Å². The zero-order valence-corrected chi connectivity index (χ0v) is 9.31. The highest BCUT2D eigenvalue weighted by Gasteiger charge is 2.36. The number of rotatable bonds is 1. The van der Waals surface area contributed by atoms with E-state index in [1.165, 1.54) is 12.1 Å². The van der Waals surface area contributed by atoms with E-state index in [2.05, 4.69) is 6.07 Å². The molecule has 2 aromatic carbocycles. The van der Waals surface area contributed by atoms with Gasteiger partial charge in [0, 0.05) is 6.07 Å². The van der Waals surface area contributed by atoms with E-state index in [0.29, 0.717) is 5.56 Å². The van der Waals surface area contributed by atoms with Crippen LogP contribution in [0.2, 0.25) is 5.02 Å². The van der Waals surface area contributed by atoms with Crippen molar-refractivity contribution < 1.29 is 13.2 Å². The zero-order chi connectivity index (χ0) is 12.5. The van der Waals surface area contributed by atoms with Crippen molar-refractivity contribution in [3.05, 3.63) is 59.1 Å². The summed E-state index contributed by atoms with van der Waals surface area (Å²) in [4.78, 5) is 0. The summed E-state index contributed by atoms with van der Waals surface area (Å²) in [5.41, 5.74) is -0.287. The highest BCUT2D eigenvalue weighted by molar-refractivity contribution is 6.31. The first-order valence-electron chi connectivity index (χ1n) is 4.83. The fourth-order valence-corrected chi connectivity index (χ4v) is 1.88. The molecule has 0 aliphatic rings. The van der Waals surface area contributed by atoms with E-state index in [0.717, 1.165) is 0 Å². The SMILES string of the molecule is FC(F)(F)c1c(Cl)[c]ccc1-c1ccccc1. The summed E-state index contributed by atoms with van der Waals surface area (Å²) < 4.78 is 38.7. The molecule has 0 saturated carbocycles. The molecule has 0 aliphatic heterocycles. The molecule has 0 amide bonds. The number of alkyl halides is 3. The van der Waals surface area contributed by atoms with Crippen LogP contribution in [0.3, 0.4) is 0 Å². The van der Waals surface area contributed by atoms with E-state index in [1.807, 2.05) is 0 Å². The molecule has 2 aromatic rings. The van der Waals surface area contributed by atoms with Crippen molar-refractivity contribution >= 4 is 11.6 Å². The molecule has 17 heavy (non-hydrogen) atoms. The molecule has 0 bridgehead atoms. The minimum absolute atomic E-state index is 0.0712. The first-order valence-corrected chi connectivity index (χ1v) is 5.21. The van der Waals surface area contributed by atoms with Crippen LogP contribution in [-0.2, 0) is 6.18 Å². The molecule has 0 unspecified atom stereocenters. The van der Waals surface area contributed by atoms with Gasteiger partial charge in [-0.25, -0.2) is 0 Å². The molecule has 1 radical (unpaired) electrons. The Morgan fingerprint density at radius 3 is 2.24 bits per heavy atom. The van der Waals surface area contributed by atoms with Crippen molar-refractivity contribution in [1.82, 2.24) is 0 Å². The van der Waals surface area contributed by atoms with Crippen LogP contribution in [0.15, 0.2) is 42.5 Å². The van der Waals surface area contributed by atoms with Gasteiger partial charge in [0.1, 0.15) is 0 Å². The Bertz CT molecular complexity index is 518. The van der Waals surface area contributed by atoms with Gasteiger partial charge in [0.25, 0.3) is 0 Å². The van der Waals surface area contributed by atoms with E-state index >= 15 is 0 Å². The van der Waals surface area contributed by atoms with Gasteiger partial charge < -0.3 is 0 Å². The molecule has 0 aromatic heterocycles. The second kappa shape index (κ2) is 4.41. The summed E-state index contributed by atoms with van der Waals surface area (Å²) in [6.07, 6.45) is -4.49. The minimum Gasteiger partial charge on any atom is -0.166 e. The molecule has 0 atom stereocenters. The summed E-state index contributed by atoms with van der Waals surface area (Å²) >= 11 is 5.59. The quantitative estimate of drug-likeness (QED) is 0.685. The third-order valence-corrected chi connectivity index (χ3v) is 2.62. The number of halogens is 4. The van der Waals surface area contributed by atoms with Crippen molar-refractivity contribution in [1.29, 1.82) is 0 Å². The maximum absolute atomic E-state index is 12.9.